The van der Waals surface area contributed by atoms with Crippen molar-refractivity contribution in [1.82, 2.24) is 5.32 Å². The zero-order valence-corrected chi connectivity index (χ0v) is 13.7. The first kappa shape index (κ1) is 17.5. The molecule has 1 atom stereocenters. The maximum absolute atomic E-state index is 11.8. The number of benzene rings is 1. The highest BCUT2D eigenvalue weighted by molar-refractivity contribution is 5.75. The van der Waals surface area contributed by atoms with Crippen LogP contribution in [0.25, 0.3) is 0 Å². The van der Waals surface area contributed by atoms with Crippen molar-refractivity contribution in [2.24, 2.45) is 5.92 Å². The summed E-state index contributed by atoms with van der Waals surface area (Å²) in [6.45, 7) is 8.80. The number of hydrogen-bond acceptors (Lipinski definition) is 4. The van der Waals surface area contributed by atoms with Crippen molar-refractivity contribution in [3.8, 4) is 5.75 Å². The summed E-state index contributed by atoms with van der Waals surface area (Å²) in [7, 11) is 1.43. The Morgan fingerprint density at radius 2 is 1.95 bits per heavy atom. The van der Waals surface area contributed by atoms with Crippen molar-refractivity contribution < 1.29 is 14.3 Å². The van der Waals surface area contributed by atoms with E-state index in [2.05, 4.69) is 19.2 Å². The molecule has 0 heterocycles. The average Bonchev–Trinajstić information content (AvgIpc) is 2.42. The largest absolute Gasteiger partial charge is 0.491 e. The summed E-state index contributed by atoms with van der Waals surface area (Å²) < 4.78 is 10.5. The highest BCUT2D eigenvalue weighted by Crippen LogP contribution is 2.15. The van der Waals surface area contributed by atoms with Crippen molar-refractivity contribution in [2.75, 3.05) is 7.11 Å². The van der Waals surface area contributed by atoms with Crippen molar-refractivity contribution in [3.05, 3.63) is 29.8 Å². The summed E-state index contributed by atoms with van der Waals surface area (Å²) in [5.74, 6) is 1.07. The molecular formula is C17H27NO3. The quantitative estimate of drug-likeness (QED) is 0.748. The molecule has 0 fully saturated rings. The van der Waals surface area contributed by atoms with Gasteiger partial charge in [-0.15, -0.1) is 0 Å². The van der Waals surface area contributed by atoms with E-state index in [0.29, 0.717) is 12.5 Å². The molecule has 0 saturated heterocycles. The lowest BCUT2D eigenvalue weighted by Crippen LogP contribution is -2.38. The fourth-order valence-electron chi connectivity index (χ4n) is 2.12. The molecule has 0 saturated carbocycles. The lowest BCUT2D eigenvalue weighted by molar-refractivity contribution is -0.143. The summed E-state index contributed by atoms with van der Waals surface area (Å²) >= 11 is 0. The Balaban J connectivity index is 2.64. The van der Waals surface area contributed by atoms with Crippen LogP contribution in [0.1, 0.15) is 39.7 Å². The zero-order chi connectivity index (χ0) is 15.8. The van der Waals surface area contributed by atoms with Crippen LogP contribution in [0.15, 0.2) is 24.3 Å². The summed E-state index contributed by atoms with van der Waals surface area (Å²) in [5, 5.41) is 3.27. The van der Waals surface area contributed by atoms with E-state index >= 15 is 0 Å². The van der Waals surface area contributed by atoms with Gasteiger partial charge in [0, 0.05) is 6.54 Å². The second-order valence-electron chi connectivity index (χ2n) is 5.90. The second-order valence-corrected chi connectivity index (χ2v) is 5.90. The minimum atomic E-state index is -0.273. The number of carbonyl (C=O) groups excluding carboxylic acids is 1. The van der Waals surface area contributed by atoms with Crippen molar-refractivity contribution in [2.45, 2.75) is 52.8 Å². The third kappa shape index (κ3) is 6.63. The lowest BCUT2D eigenvalue weighted by atomic mass is 10.0. The Morgan fingerprint density at radius 3 is 2.52 bits per heavy atom. The summed E-state index contributed by atoms with van der Waals surface area (Å²) in [6, 6.07) is 7.64. The predicted octanol–water partition coefficient (Wildman–Crippen LogP) is 3.15. The van der Waals surface area contributed by atoms with Crippen LogP contribution >= 0.6 is 0 Å². The van der Waals surface area contributed by atoms with E-state index in [1.54, 1.807) is 0 Å². The Bertz CT molecular complexity index is 443. The molecule has 0 amide bonds. The van der Waals surface area contributed by atoms with Gasteiger partial charge < -0.3 is 14.8 Å². The van der Waals surface area contributed by atoms with Gasteiger partial charge in [-0.2, -0.15) is 0 Å². The van der Waals surface area contributed by atoms with Gasteiger partial charge in [0.15, 0.2) is 0 Å². The summed E-state index contributed by atoms with van der Waals surface area (Å²) in [5.41, 5.74) is 1.09. The van der Waals surface area contributed by atoms with Gasteiger partial charge in [-0.25, -0.2) is 0 Å². The molecule has 1 aromatic carbocycles. The molecule has 1 unspecified atom stereocenters. The first-order chi connectivity index (χ1) is 9.92. The molecule has 0 aliphatic rings. The second kappa shape index (κ2) is 8.67. The highest BCUT2D eigenvalue weighted by atomic mass is 16.5. The zero-order valence-electron chi connectivity index (χ0n) is 13.7. The van der Waals surface area contributed by atoms with Gasteiger partial charge >= 0.3 is 5.97 Å². The standard InChI is InChI=1S/C17H27NO3/c1-12(2)9-16(17(19)20-5)18-11-14-7-6-8-15(10-14)21-13(3)4/h6-8,10,12-13,16,18H,9,11H2,1-5H3. The maximum Gasteiger partial charge on any atom is 0.322 e. The van der Waals surface area contributed by atoms with Gasteiger partial charge in [-0.1, -0.05) is 26.0 Å². The fourth-order valence-corrected chi connectivity index (χ4v) is 2.12. The van der Waals surface area contributed by atoms with Crippen LogP contribution < -0.4 is 10.1 Å². The summed E-state index contributed by atoms with van der Waals surface area (Å²) in [4.78, 5) is 11.8. The molecule has 1 aromatic rings. The first-order valence-electron chi connectivity index (χ1n) is 7.49. The van der Waals surface area contributed by atoms with Crippen LogP contribution in [0.3, 0.4) is 0 Å². The lowest BCUT2D eigenvalue weighted by Gasteiger charge is -2.18. The number of ether oxygens (including phenoxy) is 2. The van der Waals surface area contributed by atoms with Crippen molar-refractivity contribution in [3.63, 3.8) is 0 Å². The van der Waals surface area contributed by atoms with E-state index in [4.69, 9.17) is 9.47 Å². The predicted molar refractivity (Wildman–Crippen MR) is 84.3 cm³/mol. The monoisotopic (exact) mass is 293 g/mol. The maximum atomic E-state index is 11.8. The van der Waals surface area contributed by atoms with E-state index in [1.165, 1.54) is 7.11 Å². The number of carbonyl (C=O) groups is 1. The average molecular weight is 293 g/mol. The topological polar surface area (TPSA) is 47.6 Å². The van der Waals surface area contributed by atoms with Crippen molar-refractivity contribution in [1.29, 1.82) is 0 Å². The third-order valence-electron chi connectivity index (χ3n) is 3.02. The van der Waals surface area contributed by atoms with E-state index in [-0.39, 0.29) is 18.1 Å². The smallest absolute Gasteiger partial charge is 0.322 e. The normalized spacial score (nSPS) is 12.5. The molecule has 1 rings (SSSR count). The van der Waals surface area contributed by atoms with Crippen LogP contribution in [0, 0.1) is 5.92 Å². The molecule has 1 N–H and O–H groups in total. The van der Waals surface area contributed by atoms with E-state index in [0.717, 1.165) is 17.7 Å². The first-order valence-corrected chi connectivity index (χ1v) is 7.49. The van der Waals surface area contributed by atoms with Gasteiger partial charge in [0.2, 0.25) is 0 Å². The Kier molecular flexibility index (Phi) is 7.23. The minimum absolute atomic E-state index is 0.150. The van der Waals surface area contributed by atoms with Crippen LogP contribution in [0.5, 0.6) is 5.75 Å². The molecule has 0 aromatic heterocycles. The molecule has 21 heavy (non-hydrogen) atoms. The van der Waals surface area contributed by atoms with Gasteiger partial charge in [0.1, 0.15) is 11.8 Å². The number of methoxy groups -OCH3 is 1. The Labute approximate surface area is 127 Å². The molecule has 4 nitrogen and oxygen atoms in total. The van der Waals surface area contributed by atoms with Crippen LogP contribution in [0.2, 0.25) is 0 Å². The molecule has 0 radical (unpaired) electrons. The molecule has 118 valence electrons. The van der Waals surface area contributed by atoms with E-state index in [1.807, 2.05) is 38.1 Å². The van der Waals surface area contributed by atoms with Gasteiger partial charge in [-0.3, -0.25) is 4.79 Å². The van der Waals surface area contributed by atoms with Gasteiger partial charge in [0.05, 0.1) is 13.2 Å². The minimum Gasteiger partial charge on any atom is -0.491 e. The van der Waals surface area contributed by atoms with Gasteiger partial charge in [-0.05, 0) is 43.9 Å². The number of rotatable bonds is 8. The molecular weight excluding hydrogens is 266 g/mol. The SMILES string of the molecule is COC(=O)C(CC(C)C)NCc1cccc(OC(C)C)c1. The van der Waals surface area contributed by atoms with Crippen LogP contribution in [-0.2, 0) is 16.1 Å². The molecule has 4 heteroatoms. The highest BCUT2D eigenvalue weighted by Gasteiger charge is 2.19. The Morgan fingerprint density at radius 1 is 1.24 bits per heavy atom. The van der Waals surface area contributed by atoms with E-state index < -0.39 is 0 Å². The van der Waals surface area contributed by atoms with Gasteiger partial charge in [0.25, 0.3) is 0 Å². The number of hydrogen-bond donors (Lipinski definition) is 1. The van der Waals surface area contributed by atoms with Crippen LogP contribution in [0.4, 0.5) is 0 Å². The summed E-state index contributed by atoms with van der Waals surface area (Å²) in [6.07, 6.45) is 0.909. The number of esters is 1. The number of nitrogens with one attached hydrogen (secondary N) is 1. The van der Waals surface area contributed by atoms with E-state index in [9.17, 15) is 4.79 Å². The molecule has 0 aliphatic heterocycles. The molecule has 0 aliphatic carbocycles. The molecule has 0 spiro atoms. The van der Waals surface area contributed by atoms with Crippen molar-refractivity contribution >= 4 is 5.97 Å². The Hall–Kier alpha value is -1.55. The fraction of sp³-hybridized carbons (Fsp3) is 0.588. The third-order valence-corrected chi connectivity index (χ3v) is 3.02. The van der Waals surface area contributed by atoms with Crippen LogP contribution in [-0.4, -0.2) is 25.2 Å². The molecule has 0 bridgehead atoms.